The predicted molar refractivity (Wildman–Crippen MR) is 119 cm³/mol. The maximum absolute atomic E-state index is 12.7. The number of benzene rings is 2. The zero-order valence-electron chi connectivity index (χ0n) is 15.9. The number of nitrogens with zero attached hydrogens (tertiary/aromatic N) is 2. The molecule has 2 amide bonds. The SMILES string of the molecule is CCOc1ccc(C=C2SC(=S)N(CC(=O)Nc3ccc([N+](=O)[O-])cc3)C2=O)cc1. The third kappa shape index (κ3) is 5.22. The number of amides is 2. The van der Waals surface area contributed by atoms with Crippen molar-refractivity contribution in [3.8, 4) is 5.75 Å². The van der Waals surface area contributed by atoms with Crippen molar-refractivity contribution in [2.24, 2.45) is 0 Å². The standard InChI is InChI=1S/C20H17N3O5S2/c1-2-28-16-9-3-13(4-10-16)11-17-19(25)22(20(29)30-17)12-18(24)21-14-5-7-15(8-6-14)23(26)27/h3-11H,2,12H2,1H3,(H,21,24). The van der Waals surface area contributed by atoms with Gasteiger partial charge < -0.3 is 10.1 Å². The Bertz CT molecular complexity index is 1020. The summed E-state index contributed by atoms with van der Waals surface area (Å²) in [6.07, 6.45) is 1.71. The fourth-order valence-corrected chi connectivity index (χ4v) is 3.88. The molecule has 0 spiro atoms. The number of carbonyl (C=O) groups excluding carboxylic acids is 2. The molecule has 1 aliphatic heterocycles. The van der Waals surface area contributed by atoms with Crippen LogP contribution in [0.1, 0.15) is 12.5 Å². The van der Waals surface area contributed by atoms with Crippen molar-refractivity contribution >= 4 is 57.6 Å². The Morgan fingerprint density at radius 2 is 1.90 bits per heavy atom. The lowest BCUT2D eigenvalue weighted by molar-refractivity contribution is -0.384. The molecular formula is C20H17N3O5S2. The van der Waals surface area contributed by atoms with Crippen LogP contribution < -0.4 is 10.1 Å². The minimum atomic E-state index is -0.525. The van der Waals surface area contributed by atoms with Crippen molar-refractivity contribution in [1.29, 1.82) is 0 Å². The summed E-state index contributed by atoms with van der Waals surface area (Å²) in [4.78, 5) is 36.8. The number of nitrogens with one attached hydrogen (secondary N) is 1. The Morgan fingerprint density at radius 3 is 2.50 bits per heavy atom. The van der Waals surface area contributed by atoms with Gasteiger partial charge in [-0.25, -0.2) is 0 Å². The number of anilines is 1. The van der Waals surface area contributed by atoms with Gasteiger partial charge >= 0.3 is 0 Å². The number of thiocarbonyl (C=S) groups is 1. The second-order valence-electron chi connectivity index (χ2n) is 6.12. The highest BCUT2D eigenvalue weighted by Gasteiger charge is 2.33. The van der Waals surface area contributed by atoms with Gasteiger partial charge in [-0.3, -0.25) is 24.6 Å². The van der Waals surface area contributed by atoms with E-state index in [1.165, 1.54) is 29.2 Å². The Kier molecular flexibility index (Phi) is 6.80. The summed E-state index contributed by atoms with van der Waals surface area (Å²) in [6.45, 7) is 2.22. The highest BCUT2D eigenvalue weighted by atomic mass is 32.2. The maximum atomic E-state index is 12.7. The van der Waals surface area contributed by atoms with Crippen molar-refractivity contribution in [3.63, 3.8) is 0 Å². The first-order valence-corrected chi connectivity index (χ1v) is 10.1. The molecule has 2 aromatic rings. The second-order valence-corrected chi connectivity index (χ2v) is 7.80. The minimum Gasteiger partial charge on any atom is -0.494 e. The van der Waals surface area contributed by atoms with Gasteiger partial charge in [0.1, 0.15) is 16.6 Å². The van der Waals surface area contributed by atoms with E-state index >= 15 is 0 Å². The van der Waals surface area contributed by atoms with Crippen molar-refractivity contribution in [2.45, 2.75) is 6.92 Å². The average molecular weight is 444 g/mol. The molecule has 154 valence electrons. The minimum absolute atomic E-state index is 0.0793. The number of rotatable bonds is 7. The van der Waals surface area contributed by atoms with Crippen LogP contribution in [0.4, 0.5) is 11.4 Å². The van der Waals surface area contributed by atoms with Crippen LogP contribution in [0.25, 0.3) is 6.08 Å². The number of ether oxygens (including phenoxy) is 1. The molecule has 3 rings (SSSR count). The van der Waals surface area contributed by atoms with Crippen LogP contribution in [0.3, 0.4) is 0 Å². The molecule has 1 saturated heterocycles. The zero-order chi connectivity index (χ0) is 21.7. The molecule has 2 aromatic carbocycles. The molecule has 0 aliphatic carbocycles. The molecule has 0 radical (unpaired) electrons. The van der Waals surface area contributed by atoms with E-state index in [1.807, 2.05) is 31.2 Å². The van der Waals surface area contributed by atoms with E-state index in [0.29, 0.717) is 17.2 Å². The third-order valence-corrected chi connectivity index (χ3v) is 5.40. The summed E-state index contributed by atoms with van der Waals surface area (Å²) in [7, 11) is 0. The number of non-ortho nitro benzene ring substituents is 1. The largest absolute Gasteiger partial charge is 0.494 e. The number of nitro groups is 1. The van der Waals surface area contributed by atoms with E-state index < -0.39 is 10.8 Å². The molecule has 1 heterocycles. The van der Waals surface area contributed by atoms with Crippen LogP contribution in [0.15, 0.2) is 53.4 Å². The Balaban J connectivity index is 1.64. The predicted octanol–water partition coefficient (Wildman–Crippen LogP) is 3.83. The first kappa shape index (κ1) is 21.5. The molecule has 0 bridgehead atoms. The van der Waals surface area contributed by atoms with E-state index in [9.17, 15) is 19.7 Å². The Morgan fingerprint density at radius 1 is 1.23 bits per heavy atom. The average Bonchev–Trinajstić information content (AvgIpc) is 2.97. The van der Waals surface area contributed by atoms with Gasteiger partial charge in [0.25, 0.3) is 11.6 Å². The summed E-state index contributed by atoms with van der Waals surface area (Å²) in [5.41, 5.74) is 1.12. The lowest BCUT2D eigenvalue weighted by atomic mass is 10.2. The summed E-state index contributed by atoms with van der Waals surface area (Å²) >= 11 is 6.37. The number of carbonyl (C=O) groups is 2. The van der Waals surface area contributed by atoms with Crippen LogP contribution >= 0.6 is 24.0 Å². The van der Waals surface area contributed by atoms with Crippen LogP contribution in [0, 0.1) is 10.1 Å². The van der Waals surface area contributed by atoms with Gasteiger partial charge in [0.2, 0.25) is 5.91 Å². The van der Waals surface area contributed by atoms with E-state index in [-0.39, 0.29) is 22.5 Å². The molecule has 1 fully saturated rings. The number of hydrogen-bond donors (Lipinski definition) is 1. The van der Waals surface area contributed by atoms with Gasteiger partial charge in [-0.15, -0.1) is 0 Å². The number of hydrogen-bond acceptors (Lipinski definition) is 7. The fraction of sp³-hybridized carbons (Fsp3) is 0.150. The molecule has 1 aliphatic rings. The van der Waals surface area contributed by atoms with E-state index in [0.717, 1.165) is 23.1 Å². The smallest absolute Gasteiger partial charge is 0.269 e. The highest BCUT2D eigenvalue weighted by molar-refractivity contribution is 8.26. The maximum Gasteiger partial charge on any atom is 0.269 e. The number of nitro benzene ring substituents is 1. The monoisotopic (exact) mass is 443 g/mol. The van der Waals surface area contributed by atoms with Gasteiger partial charge in [-0.2, -0.15) is 0 Å². The van der Waals surface area contributed by atoms with E-state index in [1.54, 1.807) is 6.08 Å². The third-order valence-electron chi connectivity index (χ3n) is 4.03. The fourth-order valence-electron chi connectivity index (χ4n) is 2.63. The van der Waals surface area contributed by atoms with Gasteiger partial charge in [-0.05, 0) is 42.8 Å². The summed E-state index contributed by atoms with van der Waals surface area (Å²) in [6, 6.07) is 12.7. The molecule has 0 saturated carbocycles. The lowest BCUT2D eigenvalue weighted by Gasteiger charge is -2.14. The quantitative estimate of drug-likeness (QED) is 0.300. The number of thioether (sulfide) groups is 1. The Hall–Kier alpha value is -3.24. The van der Waals surface area contributed by atoms with Gasteiger partial charge in [0.15, 0.2) is 0 Å². The van der Waals surface area contributed by atoms with Crippen molar-refractivity contribution in [1.82, 2.24) is 4.90 Å². The van der Waals surface area contributed by atoms with E-state index in [2.05, 4.69) is 5.32 Å². The molecular weight excluding hydrogens is 426 g/mol. The van der Waals surface area contributed by atoms with Crippen LogP contribution in [-0.2, 0) is 9.59 Å². The summed E-state index contributed by atoms with van der Waals surface area (Å²) in [5.74, 6) is -0.0645. The van der Waals surface area contributed by atoms with Crippen LogP contribution in [0.2, 0.25) is 0 Å². The normalized spacial score (nSPS) is 14.8. The first-order valence-electron chi connectivity index (χ1n) is 8.90. The van der Waals surface area contributed by atoms with Crippen molar-refractivity contribution in [2.75, 3.05) is 18.5 Å². The van der Waals surface area contributed by atoms with Crippen LogP contribution in [0.5, 0.6) is 5.75 Å². The highest BCUT2D eigenvalue weighted by Crippen LogP contribution is 2.32. The van der Waals surface area contributed by atoms with E-state index in [4.69, 9.17) is 17.0 Å². The summed E-state index contributed by atoms with van der Waals surface area (Å²) in [5, 5.41) is 13.3. The van der Waals surface area contributed by atoms with Gasteiger partial charge in [0, 0.05) is 17.8 Å². The lowest BCUT2D eigenvalue weighted by Crippen LogP contribution is -2.36. The molecule has 8 nitrogen and oxygen atoms in total. The molecule has 30 heavy (non-hydrogen) atoms. The van der Waals surface area contributed by atoms with Gasteiger partial charge in [-0.1, -0.05) is 36.1 Å². The van der Waals surface area contributed by atoms with Crippen molar-refractivity contribution in [3.05, 3.63) is 69.1 Å². The molecule has 0 atom stereocenters. The van der Waals surface area contributed by atoms with Crippen molar-refractivity contribution < 1.29 is 19.2 Å². The first-order chi connectivity index (χ1) is 14.4. The second kappa shape index (κ2) is 9.51. The van der Waals surface area contributed by atoms with Crippen LogP contribution in [-0.4, -0.2) is 39.1 Å². The topological polar surface area (TPSA) is 102 Å². The Labute approximate surface area is 182 Å². The molecule has 1 N–H and O–H groups in total. The molecule has 0 unspecified atom stereocenters. The van der Waals surface area contributed by atoms with Gasteiger partial charge in [0.05, 0.1) is 16.4 Å². The molecule has 10 heteroatoms. The molecule has 0 aromatic heterocycles. The summed E-state index contributed by atoms with van der Waals surface area (Å²) < 4.78 is 5.69. The zero-order valence-corrected chi connectivity index (χ0v) is 17.5.